The first kappa shape index (κ1) is 15.7. The minimum atomic E-state index is -3.62. The summed E-state index contributed by atoms with van der Waals surface area (Å²) >= 11 is 0. The molecule has 3 N–H and O–H groups in total. The number of sulfonamides is 1. The van der Waals surface area contributed by atoms with Crippen molar-refractivity contribution < 1.29 is 12.8 Å². The standard InChI is InChI=1S/C14H19N3O3S/c1-11(6-7-12-4-3-9-20-12)17-21(18,19)14-5-2-8-16-13(14)10-15/h2-5,8-9,11,17H,6-7,10,15H2,1H3. The normalized spacial score (nSPS) is 13.2. The number of hydrogen-bond donors (Lipinski definition) is 2. The van der Waals surface area contributed by atoms with Gasteiger partial charge in [0.05, 0.1) is 12.0 Å². The second kappa shape index (κ2) is 6.84. The maximum absolute atomic E-state index is 12.4. The van der Waals surface area contributed by atoms with Gasteiger partial charge in [0.25, 0.3) is 0 Å². The molecule has 0 aliphatic rings. The molecule has 0 amide bonds. The molecular formula is C14H19N3O3S. The van der Waals surface area contributed by atoms with Gasteiger partial charge in [-0.05, 0) is 37.6 Å². The van der Waals surface area contributed by atoms with E-state index in [4.69, 9.17) is 10.2 Å². The Morgan fingerprint density at radius 2 is 2.19 bits per heavy atom. The molecule has 7 heteroatoms. The lowest BCUT2D eigenvalue weighted by Crippen LogP contribution is -2.33. The van der Waals surface area contributed by atoms with Gasteiger partial charge < -0.3 is 10.2 Å². The summed E-state index contributed by atoms with van der Waals surface area (Å²) in [6.07, 6.45) is 4.45. The maximum atomic E-state index is 12.4. The monoisotopic (exact) mass is 309 g/mol. The summed E-state index contributed by atoms with van der Waals surface area (Å²) in [5.41, 5.74) is 5.90. The summed E-state index contributed by atoms with van der Waals surface area (Å²) in [4.78, 5) is 4.13. The molecule has 0 aromatic carbocycles. The number of aryl methyl sites for hydroxylation is 1. The first-order chi connectivity index (χ1) is 10.0. The van der Waals surface area contributed by atoms with Crippen LogP contribution < -0.4 is 10.5 Å². The highest BCUT2D eigenvalue weighted by molar-refractivity contribution is 7.89. The van der Waals surface area contributed by atoms with Gasteiger partial charge in [0.2, 0.25) is 10.0 Å². The van der Waals surface area contributed by atoms with Crippen LogP contribution in [-0.4, -0.2) is 19.4 Å². The quantitative estimate of drug-likeness (QED) is 0.806. The number of rotatable bonds is 7. The van der Waals surface area contributed by atoms with E-state index in [0.29, 0.717) is 18.5 Å². The maximum Gasteiger partial charge on any atom is 0.242 e. The van der Waals surface area contributed by atoms with Gasteiger partial charge in [0.15, 0.2) is 0 Å². The lowest BCUT2D eigenvalue weighted by Gasteiger charge is -2.15. The molecule has 0 saturated heterocycles. The Morgan fingerprint density at radius 3 is 2.86 bits per heavy atom. The number of hydrogen-bond acceptors (Lipinski definition) is 5. The van der Waals surface area contributed by atoms with Gasteiger partial charge in [-0.15, -0.1) is 0 Å². The molecule has 0 spiro atoms. The zero-order valence-electron chi connectivity index (χ0n) is 11.8. The molecule has 0 fully saturated rings. The number of nitrogens with one attached hydrogen (secondary N) is 1. The van der Waals surface area contributed by atoms with Crippen LogP contribution in [0.15, 0.2) is 46.0 Å². The topological polar surface area (TPSA) is 98.2 Å². The van der Waals surface area contributed by atoms with E-state index in [0.717, 1.165) is 5.76 Å². The fourth-order valence-electron chi connectivity index (χ4n) is 2.02. The van der Waals surface area contributed by atoms with Gasteiger partial charge in [-0.25, -0.2) is 13.1 Å². The van der Waals surface area contributed by atoms with E-state index >= 15 is 0 Å². The third-order valence-corrected chi connectivity index (χ3v) is 4.75. The first-order valence-electron chi connectivity index (χ1n) is 6.71. The van der Waals surface area contributed by atoms with Crippen molar-refractivity contribution >= 4 is 10.0 Å². The van der Waals surface area contributed by atoms with E-state index in [2.05, 4.69) is 9.71 Å². The molecule has 2 aromatic rings. The fraction of sp³-hybridized carbons (Fsp3) is 0.357. The van der Waals surface area contributed by atoms with Gasteiger partial charge in [0.1, 0.15) is 10.7 Å². The van der Waals surface area contributed by atoms with E-state index in [-0.39, 0.29) is 17.5 Å². The lowest BCUT2D eigenvalue weighted by molar-refractivity contribution is 0.480. The minimum absolute atomic E-state index is 0.0812. The Labute approximate surface area is 124 Å². The van der Waals surface area contributed by atoms with E-state index in [1.807, 2.05) is 19.1 Å². The van der Waals surface area contributed by atoms with E-state index in [1.54, 1.807) is 12.3 Å². The highest BCUT2D eigenvalue weighted by Gasteiger charge is 2.20. The zero-order valence-corrected chi connectivity index (χ0v) is 12.6. The van der Waals surface area contributed by atoms with Crippen molar-refractivity contribution in [1.29, 1.82) is 0 Å². The summed E-state index contributed by atoms with van der Waals surface area (Å²) in [6.45, 7) is 1.90. The number of nitrogens with two attached hydrogens (primary N) is 1. The molecule has 2 heterocycles. The third kappa shape index (κ3) is 4.13. The Hall–Kier alpha value is -1.70. The average molecular weight is 309 g/mol. The average Bonchev–Trinajstić information content (AvgIpc) is 2.98. The molecule has 1 atom stereocenters. The number of aromatic nitrogens is 1. The van der Waals surface area contributed by atoms with Crippen LogP contribution in [0.2, 0.25) is 0 Å². The van der Waals surface area contributed by atoms with Crippen LogP contribution in [0.5, 0.6) is 0 Å². The largest absolute Gasteiger partial charge is 0.469 e. The van der Waals surface area contributed by atoms with Crippen LogP contribution in [0.4, 0.5) is 0 Å². The summed E-state index contributed by atoms with van der Waals surface area (Å²) in [5, 5.41) is 0. The Morgan fingerprint density at radius 1 is 1.38 bits per heavy atom. The Kier molecular flexibility index (Phi) is 5.11. The van der Waals surface area contributed by atoms with Crippen LogP contribution in [-0.2, 0) is 23.0 Å². The van der Waals surface area contributed by atoms with Crippen molar-refractivity contribution in [2.75, 3.05) is 0 Å². The van der Waals surface area contributed by atoms with Gasteiger partial charge in [-0.3, -0.25) is 4.98 Å². The number of furan rings is 1. The molecular weight excluding hydrogens is 290 g/mol. The molecule has 1 unspecified atom stereocenters. The van der Waals surface area contributed by atoms with Crippen molar-refractivity contribution in [3.05, 3.63) is 48.2 Å². The summed E-state index contributed by atoms with van der Waals surface area (Å²) < 4.78 is 32.6. The predicted octanol–water partition coefficient (Wildman–Crippen LogP) is 1.43. The molecule has 0 radical (unpaired) electrons. The third-order valence-electron chi connectivity index (χ3n) is 3.09. The molecule has 2 aromatic heterocycles. The van der Waals surface area contributed by atoms with Crippen molar-refractivity contribution in [2.24, 2.45) is 5.73 Å². The highest BCUT2D eigenvalue weighted by Crippen LogP contribution is 2.14. The van der Waals surface area contributed by atoms with Crippen molar-refractivity contribution in [3.8, 4) is 0 Å². The summed E-state index contributed by atoms with van der Waals surface area (Å²) in [7, 11) is -3.62. The van der Waals surface area contributed by atoms with Crippen LogP contribution in [0, 0.1) is 0 Å². The second-order valence-corrected chi connectivity index (χ2v) is 6.48. The van der Waals surface area contributed by atoms with Crippen LogP contribution in [0.3, 0.4) is 0 Å². The van der Waals surface area contributed by atoms with Gasteiger partial charge >= 0.3 is 0 Å². The zero-order chi connectivity index (χ0) is 15.3. The van der Waals surface area contributed by atoms with E-state index in [1.165, 1.54) is 12.3 Å². The second-order valence-electron chi connectivity index (χ2n) is 4.79. The molecule has 6 nitrogen and oxygen atoms in total. The number of nitrogens with zero attached hydrogens (tertiary/aromatic N) is 1. The highest BCUT2D eigenvalue weighted by atomic mass is 32.2. The van der Waals surface area contributed by atoms with E-state index in [9.17, 15) is 8.42 Å². The molecule has 0 aliphatic carbocycles. The Balaban J connectivity index is 2.03. The molecule has 21 heavy (non-hydrogen) atoms. The lowest BCUT2D eigenvalue weighted by atomic mass is 10.2. The fourth-order valence-corrected chi connectivity index (χ4v) is 3.50. The summed E-state index contributed by atoms with van der Waals surface area (Å²) in [5.74, 6) is 0.838. The Bertz CT molecular complexity index is 669. The molecule has 0 bridgehead atoms. The number of pyridine rings is 1. The van der Waals surface area contributed by atoms with Gasteiger partial charge in [0, 0.05) is 25.2 Å². The summed E-state index contributed by atoms with van der Waals surface area (Å²) in [6, 6.07) is 6.56. The van der Waals surface area contributed by atoms with Crippen molar-refractivity contribution in [3.63, 3.8) is 0 Å². The first-order valence-corrected chi connectivity index (χ1v) is 8.20. The smallest absolute Gasteiger partial charge is 0.242 e. The van der Waals surface area contributed by atoms with Crippen molar-refractivity contribution in [2.45, 2.75) is 37.2 Å². The van der Waals surface area contributed by atoms with Gasteiger partial charge in [-0.1, -0.05) is 0 Å². The van der Waals surface area contributed by atoms with Crippen LogP contribution in [0.25, 0.3) is 0 Å². The predicted molar refractivity (Wildman–Crippen MR) is 78.9 cm³/mol. The molecule has 114 valence electrons. The minimum Gasteiger partial charge on any atom is -0.469 e. The van der Waals surface area contributed by atoms with Crippen LogP contribution in [0.1, 0.15) is 24.8 Å². The van der Waals surface area contributed by atoms with Gasteiger partial charge in [-0.2, -0.15) is 0 Å². The molecule has 2 rings (SSSR count). The molecule has 0 aliphatic heterocycles. The van der Waals surface area contributed by atoms with Crippen molar-refractivity contribution in [1.82, 2.24) is 9.71 Å². The van der Waals surface area contributed by atoms with E-state index < -0.39 is 10.0 Å². The van der Waals surface area contributed by atoms with Crippen LogP contribution >= 0.6 is 0 Å². The molecule has 0 saturated carbocycles. The SMILES string of the molecule is CC(CCc1ccco1)NS(=O)(=O)c1cccnc1CN.